The molecule has 1 aliphatic heterocycles. The van der Waals surface area contributed by atoms with Gasteiger partial charge in [-0.1, -0.05) is 23.7 Å². The van der Waals surface area contributed by atoms with E-state index in [1.165, 1.54) is 12.1 Å². The van der Waals surface area contributed by atoms with E-state index in [0.29, 0.717) is 43.0 Å². The fourth-order valence-corrected chi connectivity index (χ4v) is 2.85. The van der Waals surface area contributed by atoms with Crippen LogP contribution in [0.25, 0.3) is 11.1 Å². The Balaban J connectivity index is 1.96. The highest BCUT2D eigenvalue weighted by Gasteiger charge is 2.19. The van der Waals surface area contributed by atoms with Crippen LogP contribution in [0.15, 0.2) is 36.4 Å². The second-order valence-corrected chi connectivity index (χ2v) is 5.85. The number of aromatic hydroxyl groups is 1. The minimum atomic E-state index is -0.0749. The molecule has 122 valence electrons. The molecule has 1 saturated heterocycles. The van der Waals surface area contributed by atoms with Gasteiger partial charge in [-0.3, -0.25) is 4.79 Å². The molecular formula is C18H15ClN2O3. The molecule has 0 aliphatic carbocycles. The Kier molecular flexibility index (Phi) is 4.70. The molecule has 0 aromatic heterocycles. The smallest absolute Gasteiger partial charge is 0.254 e. The van der Waals surface area contributed by atoms with Gasteiger partial charge in [-0.25, -0.2) is 0 Å². The van der Waals surface area contributed by atoms with E-state index in [0.717, 1.165) is 0 Å². The Morgan fingerprint density at radius 1 is 1.25 bits per heavy atom. The van der Waals surface area contributed by atoms with E-state index in [1.807, 2.05) is 6.07 Å². The van der Waals surface area contributed by atoms with Crippen molar-refractivity contribution in [2.75, 3.05) is 26.3 Å². The van der Waals surface area contributed by atoms with Crippen molar-refractivity contribution in [3.05, 3.63) is 52.5 Å². The summed E-state index contributed by atoms with van der Waals surface area (Å²) in [7, 11) is 0. The molecule has 2 aromatic rings. The zero-order valence-electron chi connectivity index (χ0n) is 12.8. The first-order valence-corrected chi connectivity index (χ1v) is 7.88. The maximum Gasteiger partial charge on any atom is 0.254 e. The number of carbonyl (C=O) groups is 1. The van der Waals surface area contributed by atoms with Crippen LogP contribution in [-0.2, 0) is 4.74 Å². The van der Waals surface area contributed by atoms with E-state index in [9.17, 15) is 9.90 Å². The summed E-state index contributed by atoms with van der Waals surface area (Å²) in [5.74, 6) is -0.107. The molecule has 1 aliphatic rings. The zero-order chi connectivity index (χ0) is 17.1. The molecule has 0 spiro atoms. The molecule has 24 heavy (non-hydrogen) atoms. The normalized spacial score (nSPS) is 14.2. The van der Waals surface area contributed by atoms with Gasteiger partial charge in [0.15, 0.2) is 0 Å². The number of hydrogen-bond donors (Lipinski definition) is 1. The number of nitriles is 1. The van der Waals surface area contributed by atoms with Gasteiger partial charge < -0.3 is 14.7 Å². The number of rotatable bonds is 2. The Morgan fingerprint density at radius 2 is 2.00 bits per heavy atom. The zero-order valence-corrected chi connectivity index (χ0v) is 13.6. The number of hydrogen-bond acceptors (Lipinski definition) is 4. The summed E-state index contributed by atoms with van der Waals surface area (Å²) in [4.78, 5) is 14.3. The van der Waals surface area contributed by atoms with Crippen LogP contribution in [0.1, 0.15) is 15.9 Å². The van der Waals surface area contributed by atoms with Gasteiger partial charge in [-0.05, 0) is 23.8 Å². The van der Waals surface area contributed by atoms with Gasteiger partial charge in [0.05, 0.1) is 23.8 Å². The molecule has 1 N–H and O–H groups in total. The number of phenols is 1. The maximum absolute atomic E-state index is 12.6. The molecule has 0 bridgehead atoms. The molecule has 0 saturated carbocycles. The minimum Gasteiger partial charge on any atom is -0.507 e. The van der Waals surface area contributed by atoms with E-state index in [-0.39, 0.29) is 22.2 Å². The molecule has 2 aromatic carbocycles. The van der Waals surface area contributed by atoms with Gasteiger partial charge in [-0.2, -0.15) is 5.26 Å². The summed E-state index contributed by atoms with van der Waals surface area (Å²) in [6.07, 6.45) is 0. The molecule has 0 unspecified atom stereocenters. The van der Waals surface area contributed by atoms with Crippen LogP contribution in [0.2, 0.25) is 5.02 Å². The first kappa shape index (κ1) is 16.3. The van der Waals surface area contributed by atoms with Crippen molar-refractivity contribution in [2.45, 2.75) is 0 Å². The number of nitrogens with zero attached hydrogens (tertiary/aromatic N) is 2. The average Bonchev–Trinajstić information content (AvgIpc) is 2.62. The van der Waals surface area contributed by atoms with E-state index >= 15 is 0 Å². The monoisotopic (exact) mass is 342 g/mol. The molecule has 0 atom stereocenters. The van der Waals surface area contributed by atoms with Crippen LogP contribution in [0.5, 0.6) is 5.75 Å². The van der Waals surface area contributed by atoms with E-state index in [2.05, 4.69) is 0 Å². The summed E-state index contributed by atoms with van der Waals surface area (Å²) in [6, 6.07) is 11.8. The van der Waals surface area contributed by atoms with Crippen LogP contribution >= 0.6 is 11.6 Å². The lowest BCUT2D eigenvalue weighted by molar-refractivity contribution is 0.0303. The summed E-state index contributed by atoms with van der Waals surface area (Å²) in [6.45, 7) is 2.20. The van der Waals surface area contributed by atoms with Crippen molar-refractivity contribution >= 4 is 17.5 Å². The fraction of sp³-hybridized carbons (Fsp3) is 0.222. The summed E-state index contributed by atoms with van der Waals surface area (Å²) in [5, 5.41) is 19.4. The van der Waals surface area contributed by atoms with Crippen LogP contribution < -0.4 is 0 Å². The highest BCUT2D eigenvalue weighted by atomic mass is 35.5. The van der Waals surface area contributed by atoms with E-state index < -0.39 is 0 Å². The lowest BCUT2D eigenvalue weighted by atomic mass is 9.99. The Bertz CT molecular complexity index is 823. The fourth-order valence-electron chi connectivity index (χ4n) is 2.65. The van der Waals surface area contributed by atoms with Gasteiger partial charge in [-0.15, -0.1) is 0 Å². The average molecular weight is 343 g/mol. The van der Waals surface area contributed by atoms with Gasteiger partial charge in [0.25, 0.3) is 5.91 Å². The van der Waals surface area contributed by atoms with Crippen molar-refractivity contribution in [3.63, 3.8) is 0 Å². The van der Waals surface area contributed by atoms with Crippen LogP contribution in [0.3, 0.4) is 0 Å². The number of amides is 1. The molecule has 1 amide bonds. The van der Waals surface area contributed by atoms with E-state index in [1.54, 1.807) is 29.2 Å². The Labute approximate surface area is 144 Å². The molecule has 5 nitrogen and oxygen atoms in total. The number of halogens is 1. The summed E-state index contributed by atoms with van der Waals surface area (Å²) in [5.41, 5.74) is 1.92. The minimum absolute atomic E-state index is 0.0324. The maximum atomic E-state index is 12.6. The Morgan fingerprint density at radius 3 is 2.71 bits per heavy atom. The summed E-state index contributed by atoms with van der Waals surface area (Å²) < 4.78 is 5.26. The van der Waals surface area contributed by atoms with Crippen LogP contribution in [0, 0.1) is 11.3 Å². The number of morpholine rings is 1. The van der Waals surface area contributed by atoms with E-state index in [4.69, 9.17) is 21.6 Å². The SMILES string of the molecule is N#Cc1cc(-c2cccc(C(=O)N3CCOCC3)c2)c(O)cc1Cl. The second-order valence-electron chi connectivity index (χ2n) is 5.45. The predicted molar refractivity (Wildman–Crippen MR) is 90.0 cm³/mol. The molecular weight excluding hydrogens is 328 g/mol. The first-order chi connectivity index (χ1) is 11.6. The third-order valence-electron chi connectivity index (χ3n) is 3.92. The topological polar surface area (TPSA) is 73.6 Å². The lowest BCUT2D eigenvalue weighted by Crippen LogP contribution is -2.40. The molecule has 0 radical (unpaired) electrons. The summed E-state index contributed by atoms with van der Waals surface area (Å²) >= 11 is 5.92. The van der Waals surface area contributed by atoms with Crippen molar-refractivity contribution in [1.82, 2.24) is 4.90 Å². The van der Waals surface area contributed by atoms with Gasteiger partial charge in [0, 0.05) is 30.3 Å². The van der Waals surface area contributed by atoms with Gasteiger partial charge in [0.1, 0.15) is 11.8 Å². The number of ether oxygens (including phenoxy) is 1. The standard InChI is InChI=1S/C18H15ClN2O3/c19-16-10-17(22)15(9-14(16)11-20)12-2-1-3-13(8-12)18(23)21-4-6-24-7-5-21/h1-3,8-10,22H,4-7H2. The third kappa shape index (κ3) is 3.21. The number of phenolic OH excluding ortho intramolecular Hbond substituents is 1. The quantitative estimate of drug-likeness (QED) is 0.910. The van der Waals surface area contributed by atoms with Crippen LogP contribution in [-0.4, -0.2) is 42.2 Å². The van der Waals surface area contributed by atoms with Crippen molar-refractivity contribution in [2.24, 2.45) is 0 Å². The van der Waals surface area contributed by atoms with Crippen molar-refractivity contribution in [1.29, 1.82) is 5.26 Å². The molecule has 1 fully saturated rings. The first-order valence-electron chi connectivity index (χ1n) is 7.50. The van der Waals surface area contributed by atoms with Crippen molar-refractivity contribution in [3.8, 4) is 22.9 Å². The number of benzene rings is 2. The third-order valence-corrected chi connectivity index (χ3v) is 4.24. The predicted octanol–water partition coefficient (Wildman–Crippen LogP) is 3.06. The largest absolute Gasteiger partial charge is 0.507 e. The van der Waals surface area contributed by atoms with Gasteiger partial charge in [0.2, 0.25) is 0 Å². The van der Waals surface area contributed by atoms with Crippen LogP contribution in [0.4, 0.5) is 0 Å². The second kappa shape index (κ2) is 6.91. The highest BCUT2D eigenvalue weighted by molar-refractivity contribution is 6.32. The molecule has 1 heterocycles. The number of carbonyl (C=O) groups excluding carboxylic acids is 1. The highest BCUT2D eigenvalue weighted by Crippen LogP contribution is 2.34. The molecule has 6 heteroatoms. The van der Waals surface area contributed by atoms with Gasteiger partial charge >= 0.3 is 0 Å². The lowest BCUT2D eigenvalue weighted by Gasteiger charge is -2.27. The van der Waals surface area contributed by atoms with Crippen molar-refractivity contribution < 1.29 is 14.6 Å². The Hall–Kier alpha value is -2.55. The molecule has 3 rings (SSSR count).